The van der Waals surface area contributed by atoms with Gasteiger partial charge in [0.15, 0.2) is 0 Å². The van der Waals surface area contributed by atoms with Crippen LogP contribution in [0.3, 0.4) is 0 Å². The highest BCUT2D eigenvalue weighted by Crippen LogP contribution is 2.43. The minimum atomic E-state index is -0.265. The van der Waals surface area contributed by atoms with Gasteiger partial charge in [0.1, 0.15) is 0 Å². The first kappa shape index (κ1) is 14.9. The standard InChI is InChI=1S/C19H25N3O/c1-19(2)7-5-13(6-8-19)17(23)10-15-18-14(4-3-9-21-18)16-11-20-12-22(15)16/h3-4,9,11-13,15,17,23H,5-8,10H2,1-2H3. The van der Waals surface area contributed by atoms with Crippen molar-refractivity contribution in [2.75, 3.05) is 0 Å². The van der Waals surface area contributed by atoms with E-state index < -0.39 is 0 Å². The van der Waals surface area contributed by atoms with Crippen molar-refractivity contribution >= 4 is 0 Å². The molecule has 4 rings (SSSR count). The van der Waals surface area contributed by atoms with Gasteiger partial charge in [-0.25, -0.2) is 4.98 Å². The van der Waals surface area contributed by atoms with E-state index in [-0.39, 0.29) is 12.1 Å². The topological polar surface area (TPSA) is 50.9 Å². The minimum Gasteiger partial charge on any atom is -0.393 e. The molecule has 3 heterocycles. The van der Waals surface area contributed by atoms with E-state index in [1.807, 2.05) is 24.8 Å². The highest BCUT2D eigenvalue weighted by molar-refractivity contribution is 5.66. The van der Waals surface area contributed by atoms with Crippen LogP contribution in [0.4, 0.5) is 0 Å². The molecule has 23 heavy (non-hydrogen) atoms. The summed E-state index contributed by atoms with van der Waals surface area (Å²) in [6, 6.07) is 4.19. The summed E-state index contributed by atoms with van der Waals surface area (Å²) in [6.07, 6.45) is 10.8. The maximum Gasteiger partial charge on any atom is 0.0957 e. The second-order valence-corrected chi connectivity index (χ2v) is 7.94. The fourth-order valence-corrected chi connectivity index (χ4v) is 4.25. The predicted octanol–water partition coefficient (Wildman–Crippen LogP) is 3.82. The molecule has 122 valence electrons. The van der Waals surface area contributed by atoms with Crippen molar-refractivity contribution in [1.29, 1.82) is 0 Å². The smallest absolute Gasteiger partial charge is 0.0957 e. The van der Waals surface area contributed by atoms with Crippen LogP contribution >= 0.6 is 0 Å². The number of pyridine rings is 1. The van der Waals surface area contributed by atoms with Gasteiger partial charge in [-0.1, -0.05) is 13.8 Å². The predicted molar refractivity (Wildman–Crippen MR) is 90.0 cm³/mol. The first-order chi connectivity index (χ1) is 11.1. The largest absolute Gasteiger partial charge is 0.393 e. The third-order valence-electron chi connectivity index (χ3n) is 5.82. The van der Waals surface area contributed by atoms with E-state index >= 15 is 0 Å². The van der Waals surface area contributed by atoms with Crippen LogP contribution in [0.2, 0.25) is 0 Å². The van der Waals surface area contributed by atoms with Crippen molar-refractivity contribution in [1.82, 2.24) is 14.5 Å². The molecule has 2 aromatic rings. The molecule has 2 unspecified atom stereocenters. The van der Waals surface area contributed by atoms with Crippen LogP contribution in [0.5, 0.6) is 0 Å². The highest BCUT2D eigenvalue weighted by Gasteiger charge is 2.35. The molecule has 0 radical (unpaired) electrons. The molecule has 1 aliphatic heterocycles. The summed E-state index contributed by atoms with van der Waals surface area (Å²) in [6.45, 7) is 4.68. The van der Waals surface area contributed by atoms with E-state index in [4.69, 9.17) is 0 Å². The number of rotatable bonds is 3. The van der Waals surface area contributed by atoms with E-state index in [9.17, 15) is 5.11 Å². The molecule has 1 saturated carbocycles. The van der Waals surface area contributed by atoms with E-state index in [2.05, 4.69) is 34.4 Å². The summed E-state index contributed by atoms with van der Waals surface area (Å²) in [5.41, 5.74) is 3.80. The molecule has 4 nitrogen and oxygen atoms in total. The lowest BCUT2D eigenvalue weighted by Crippen LogP contribution is -2.30. The molecule has 1 fully saturated rings. The fourth-order valence-electron chi connectivity index (χ4n) is 4.25. The lowest BCUT2D eigenvalue weighted by molar-refractivity contribution is 0.0447. The SMILES string of the molecule is CC1(C)CCC(C(O)CC2c3ncccc3-c3cncn32)CC1. The average Bonchev–Trinajstić information content (AvgIpc) is 3.10. The zero-order valence-electron chi connectivity index (χ0n) is 13.9. The number of aliphatic hydroxyl groups is 1. The second kappa shape index (κ2) is 5.45. The zero-order valence-corrected chi connectivity index (χ0v) is 13.9. The van der Waals surface area contributed by atoms with Crippen molar-refractivity contribution in [2.24, 2.45) is 11.3 Å². The molecule has 2 aliphatic rings. The number of aromatic nitrogens is 3. The van der Waals surface area contributed by atoms with Gasteiger partial charge < -0.3 is 9.67 Å². The van der Waals surface area contributed by atoms with Gasteiger partial charge >= 0.3 is 0 Å². The molecule has 1 N–H and O–H groups in total. The molecule has 1 aliphatic carbocycles. The Labute approximate surface area is 137 Å². The van der Waals surface area contributed by atoms with Crippen LogP contribution in [0, 0.1) is 11.3 Å². The Morgan fingerprint density at radius 2 is 2.13 bits per heavy atom. The van der Waals surface area contributed by atoms with Gasteiger partial charge in [-0.3, -0.25) is 4.98 Å². The number of aliphatic hydroxyl groups excluding tert-OH is 1. The van der Waals surface area contributed by atoms with Crippen molar-refractivity contribution in [3.63, 3.8) is 0 Å². The summed E-state index contributed by atoms with van der Waals surface area (Å²) < 4.78 is 2.17. The number of hydrogen-bond donors (Lipinski definition) is 1. The summed E-state index contributed by atoms with van der Waals surface area (Å²) in [5, 5.41) is 10.8. The third-order valence-corrected chi connectivity index (χ3v) is 5.82. The van der Waals surface area contributed by atoms with Gasteiger partial charge in [-0.05, 0) is 49.1 Å². The van der Waals surface area contributed by atoms with E-state index in [0.29, 0.717) is 11.3 Å². The molecular weight excluding hydrogens is 286 g/mol. The van der Waals surface area contributed by atoms with Gasteiger partial charge in [0.05, 0.1) is 36.1 Å². The number of imidazole rings is 1. The molecule has 2 aromatic heterocycles. The van der Waals surface area contributed by atoms with Crippen LogP contribution in [0.15, 0.2) is 30.9 Å². The van der Waals surface area contributed by atoms with Gasteiger partial charge in [0.2, 0.25) is 0 Å². The maximum absolute atomic E-state index is 10.8. The molecule has 2 atom stereocenters. The lowest BCUT2D eigenvalue weighted by atomic mass is 9.71. The maximum atomic E-state index is 10.8. The summed E-state index contributed by atoms with van der Waals surface area (Å²) in [7, 11) is 0. The second-order valence-electron chi connectivity index (χ2n) is 7.94. The molecular formula is C19H25N3O. The van der Waals surface area contributed by atoms with Gasteiger partial charge in [-0.15, -0.1) is 0 Å². The number of fused-ring (bicyclic) bond motifs is 3. The van der Waals surface area contributed by atoms with Crippen molar-refractivity contribution < 1.29 is 5.11 Å². The first-order valence-corrected chi connectivity index (χ1v) is 8.70. The van der Waals surface area contributed by atoms with Gasteiger partial charge in [-0.2, -0.15) is 0 Å². The van der Waals surface area contributed by atoms with E-state index in [1.165, 1.54) is 12.8 Å². The molecule has 0 amide bonds. The fraction of sp³-hybridized carbons (Fsp3) is 0.579. The molecule has 0 saturated heterocycles. The summed E-state index contributed by atoms with van der Waals surface area (Å²) >= 11 is 0. The van der Waals surface area contributed by atoms with Crippen molar-refractivity contribution in [3.8, 4) is 11.3 Å². The van der Waals surface area contributed by atoms with Crippen LogP contribution in [0.25, 0.3) is 11.3 Å². The quantitative estimate of drug-likeness (QED) is 0.937. The number of nitrogens with zero attached hydrogens (tertiary/aromatic N) is 3. The Kier molecular flexibility index (Phi) is 3.52. The van der Waals surface area contributed by atoms with E-state index in [1.54, 1.807) is 0 Å². The normalized spacial score (nSPS) is 24.2. The molecule has 0 spiro atoms. The van der Waals surface area contributed by atoms with E-state index in [0.717, 1.165) is 36.2 Å². The average molecular weight is 311 g/mol. The monoisotopic (exact) mass is 311 g/mol. The Balaban J connectivity index is 1.53. The Morgan fingerprint density at radius 3 is 2.91 bits per heavy atom. The van der Waals surface area contributed by atoms with Gasteiger partial charge in [0, 0.05) is 18.2 Å². The molecule has 0 aromatic carbocycles. The van der Waals surface area contributed by atoms with Crippen molar-refractivity contribution in [3.05, 3.63) is 36.5 Å². The highest BCUT2D eigenvalue weighted by atomic mass is 16.3. The van der Waals surface area contributed by atoms with Gasteiger partial charge in [0.25, 0.3) is 0 Å². The number of hydrogen-bond acceptors (Lipinski definition) is 3. The summed E-state index contributed by atoms with van der Waals surface area (Å²) in [5.74, 6) is 0.419. The Morgan fingerprint density at radius 1 is 1.35 bits per heavy atom. The third kappa shape index (κ3) is 2.59. The lowest BCUT2D eigenvalue weighted by Gasteiger charge is -2.37. The van der Waals surface area contributed by atoms with Crippen LogP contribution in [-0.2, 0) is 0 Å². The molecule has 4 heteroatoms. The van der Waals surface area contributed by atoms with Crippen molar-refractivity contribution in [2.45, 2.75) is 58.1 Å². The van der Waals surface area contributed by atoms with Crippen LogP contribution < -0.4 is 0 Å². The van der Waals surface area contributed by atoms with Crippen LogP contribution in [-0.4, -0.2) is 25.7 Å². The minimum absolute atomic E-state index is 0.119. The zero-order chi connectivity index (χ0) is 16.0. The summed E-state index contributed by atoms with van der Waals surface area (Å²) in [4.78, 5) is 8.87. The van der Waals surface area contributed by atoms with Crippen LogP contribution in [0.1, 0.15) is 57.7 Å². The molecule has 0 bridgehead atoms. The first-order valence-electron chi connectivity index (χ1n) is 8.70. The Bertz CT molecular complexity index is 696. The Hall–Kier alpha value is -1.68.